The lowest BCUT2D eigenvalue weighted by molar-refractivity contribution is -0.147. The first kappa shape index (κ1) is 23.3. The number of carbonyl (C=O) groups is 1. The van der Waals surface area contributed by atoms with Crippen LogP contribution in [0.25, 0.3) is 5.52 Å². The largest absolute Gasteiger partial charge is 0.451 e. The third-order valence-electron chi connectivity index (χ3n) is 6.27. The third kappa shape index (κ3) is 4.03. The van der Waals surface area contributed by atoms with Gasteiger partial charge in [0, 0.05) is 37.2 Å². The summed E-state index contributed by atoms with van der Waals surface area (Å²) in [7, 11) is 0. The minimum Gasteiger partial charge on any atom is -0.326 e. The summed E-state index contributed by atoms with van der Waals surface area (Å²) in [5, 5.41) is 7.19. The molecule has 35 heavy (non-hydrogen) atoms. The maximum Gasteiger partial charge on any atom is 0.451 e. The number of H-pyrrole nitrogens is 1. The van der Waals surface area contributed by atoms with Crippen LogP contribution >= 0.6 is 11.6 Å². The number of nitrogens with zero attached hydrogens (tertiary/aromatic N) is 4. The van der Waals surface area contributed by atoms with E-state index >= 15 is 0 Å². The topological polar surface area (TPSA) is 85.0 Å². The Morgan fingerprint density at radius 2 is 2.03 bits per heavy atom. The van der Waals surface area contributed by atoms with Gasteiger partial charge >= 0.3 is 6.18 Å². The number of ketones is 1. The molecular formula is C23H18ClF4N5O2. The Morgan fingerprint density at radius 3 is 2.77 bits per heavy atom. The van der Waals surface area contributed by atoms with Crippen LogP contribution in [0.15, 0.2) is 35.3 Å². The number of nitrogens with one attached hydrogen (secondary N) is 1. The van der Waals surface area contributed by atoms with Gasteiger partial charge in [0.15, 0.2) is 5.78 Å². The molecule has 1 atom stereocenters. The Labute approximate surface area is 200 Å². The summed E-state index contributed by atoms with van der Waals surface area (Å²) >= 11 is 6.38. The molecule has 182 valence electrons. The van der Waals surface area contributed by atoms with E-state index in [4.69, 9.17) is 11.6 Å². The summed E-state index contributed by atoms with van der Waals surface area (Å²) in [6, 6.07) is 5.80. The summed E-state index contributed by atoms with van der Waals surface area (Å²) < 4.78 is 56.5. The summed E-state index contributed by atoms with van der Waals surface area (Å²) in [5.41, 5.74) is 1.87. The zero-order chi connectivity index (χ0) is 25.1. The van der Waals surface area contributed by atoms with Crippen molar-refractivity contribution in [1.82, 2.24) is 24.1 Å². The van der Waals surface area contributed by atoms with E-state index in [2.05, 4.69) is 15.2 Å². The molecule has 0 fully saturated rings. The lowest BCUT2D eigenvalue weighted by atomic mass is 9.88. The number of aromatic amines is 1. The molecular weight excluding hydrogens is 490 g/mol. The number of hydrogen-bond acceptors (Lipinski definition) is 4. The van der Waals surface area contributed by atoms with Gasteiger partial charge in [0.25, 0.3) is 5.56 Å². The molecule has 0 aliphatic carbocycles. The van der Waals surface area contributed by atoms with Crippen LogP contribution in [0.1, 0.15) is 45.2 Å². The van der Waals surface area contributed by atoms with Crippen LogP contribution in [0.2, 0.25) is 5.15 Å². The van der Waals surface area contributed by atoms with E-state index in [1.807, 2.05) is 0 Å². The molecule has 4 heterocycles. The number of aryl methyl sites for hydroxylation is 1. The zero-order valence-electron chi connectivity index (χ0n) is 18.3. The molecule has 1 aliphatic rings. The Hall–Kier alpha value is -3.47. The number of alkyl halides is 3. The van der Waals surface area contributed by atoms with E-state index < -0.39 is 29.5 Å². The molecule has 1 aliphatic heterocycles. The lowest BCUT2D eigenvalue weighted by Crippen LogP contribution is -2.29. The maximum atomic E-state index is 14.7. The van der Waals surface area contributed by atoms with Crippen molar-refractivity contribution in [1.29, 1.82) is 0 Å². The van der Waals surface area contributed by atoms with Crippen molar-refractivity contribution in [2.45, 2.75) is 38.9 Å². The van der Waals surface area contributed by atoms with Crippen molar-refractivity contribution in [3.05, 3.63) is 85.8 Å². The van der Waals surface area contributed by atoms with Gasteiger partial charge in [-0.25, -0.2) is 4.39 Å². The van der Waals surface area contributed by atoms with E-state index in [9.17, 15) is 27.2 Å². The highest BCUT2D eigenvalue weighted by Crippen LogP contribution is 2.32. The molecule has 0 saturated heterocycles. The summed E-state index contributed by atoms with van der Waals surface area (Å²) in [6.45, 7) is 1.69. The van der Waals surface area contributed by atoms with E-state index in [0.717, 1.165) is 10.1 Å². The first-order valence-electron chi connectivity index (χ1n) is 10.7. The van der Waals surface area contributed by atoms with E-state index in [-0.39, 0.29) is 42.8 Å². The van der Waals surface area contributed by atoms with Gasteiger partial charge in [0.05, 0.1) is 5.56 Å². The molecule has 12 heteroatoms. The quantitative estimate of drug-likeness (QED) is 0.328. The van der Waals surface area contributed by atoms with Crippen LogP contribution in [0.5, 0.6) is 0 Å². The summed E-state index contributed by atoms with van der Waals surface area (Å²) in [4.78, 5) is 28.0. The molecule has 3 aromatic heterocycles. The molecule has 7 nitrogen and oxygen atoms in total. The highest BCUT2D eigenvalue weighted by Gasteiger charge is 2.40. The highest BCUT2D eigenvalue weighted by molar-refractivity contribution is 6.30. The molecule has 0 spiro atoms. The van der Waals surface area contributed by atoms with Gasteiger partial charge in [-0.15, -0.1) is 10.2 Å². The van der Waals surface area contributed by atoms with Crippen molar-refractivity contribution in [2.24, 2.45) is 5.92 Å². The number of fused-ring (bicyclic) bond motifs is 2. The standard InChI is InChI=1S/C23H18ClF4N5O2/c1-11-6-17-21(35)29-10-14(33(17)20(11)24)7-12-2-3-16(25)15(8-12)19(34)13-4-5-32-18(9-13)30-31-22(32)23(26,27)28/h2-3,6,8,10,13H,4-5,7,9H2,1H3,(H,29,35). The maximum absolute atomic E-state index is 14.7. The van der Waals surface area contributed by atoms with Crippen molar-refractivity contribution < 1.29 is 22.4 Å². The van der Waals surface area contributed by atoms with Gasteiger partial charge in [0.2, 0.25) is 5.82 Å². The fourth-order valence-electron chi connectivity index (χ4n) is 4.54. The number of aromatic nitrogens is 5. The first-order chi connectivity index (χ1) is 16.5. The smallest absolute Gasteiger partial charge is 0.326 e. The van der Waals surface area contributed by atoms with Crippen LogP contribution in [0.4, 0.5) is 17.6 Å². The molecule has 0 saturated carbocycles. The normalized spacial score (nSPS) is 16.0. The molecule has 5 rings (SSSR count). The Balaban J connectivity index is 1.43. The fraction of sp³-hybridized carbons (Fsp3) is 0.304. The number of Topliss-reactive ketones (excluding diaryl/α,β-unsaturated/α-hetero) is 1. The van der Waals surface area contributed by atoms with E-state index in [0.29, 0.717) is 21.9 Å². The van der Waals surface area contributed by atoms with Crippen molar-refractivity contribution in [2.75, 3.05) is 0 Å². The molecule has 0 bridgehead atoms. The Kier molecular flexibility index (Phi) is 5.54. The second-order valence-corrected chi connectivity index (χ2v) is 8.94. The third-order valence-corrected chi connectivity index (χ3v) is 6.74. The summed E-state index contributed by atoms with van der Waals surface area (Å²) in [5.74, 6) is -3.00. The number of benzene rings is 1. The molecule has 1 N–H and O–H groups in total. The van der Waals surface area contributed by atoms with Crippen LogP contribution in [0.3, 0.4) is 0 Å². The first-order valence-corrected chi connectivity index (χ1v) is 11.1. The Bertz CT molecular complexity index is 1540. The molecule has 1 unspecified atom stereocenters. The van der Waals surface area contributed by atoms with Crippen LogP contribution in [-0.2, 0) is 25.6 Å². The Morgan fingerprint density at radius 1 is 1.26 bits per heavy atom. The monoisotopic (exact) mass is 507 g/mol. The predicted molar refractivity (Wildman–Crippen MR) is 118 cm³/mol. The molecule has 0 radical (unpaired) electrons. The fourth-order valence-corrected chi connectivity index (χ4v) is 4.79. The van der Waals surface area contributed by atoms with Crippen molar-refractivity contribution in [3.8, 4) is 0 Å². The van der Waals surface area contributed by atoms with Gasteiger partial charge < -0.3 is 9.55 Å². The number of rotatable bonds is 4. The van der Waals surface area contributed by atoms with E-state index in [1.165, 1.54) is 24.4 Å². The average Bonchev–Trinajstić information content (AvgIpc) is 3.38. The SMILES string of the molecule is Cc1cc2c(=O)[nH]cc(Cc3ccc(F)c(C(=O)C4CCn5c(nnc5C(F)(F)F)C4)c3)n2c1Cl. The minimum atomic E-state index is -4.64. The second kappa shape index (κ2) is 8.33. The number of halogens is 5. The zero-order valence-corrected chi connectivity index (χ0v) is 19.0. The number of hydrogen-bond donors (Lipinski definition) is 1. The van der Waals surface area contributed by atoms with Crippen LogP contribution < -0.4 is 5.56 Å². The highest BCUT2D eigenvalue weighted by atomic mass is 35.5. The average molecular weight is 508 g/mol. The van der Waals surface area contributed by atoms with Gasteiger partial charge in [-0.2, -0.15) is 13.2 Å². The second-order valence-electron chi connectivity index (χ2n) is 8.58. The lowest BCUT2D eigenvalue weighted by Gasteiger charge is -2.23. The predicted octanol–water partition coefficient (Wildman–Crippen LogP) is 4.37. The molecule has 4 aromatic rings. The summed E-state index contributed by atoms with van der Waals surface area (Å²) in [6.07, 6.45) is -2.84. The molecule has 0 amide bonds. The van der Waals surface area contributed by atoms with Crippen LogP contribution in [-0.4, -0.2) is 29.9 Å². The van der Waals surface area contributed by atoms with Crippen molar-refractivity contribution in [3.63, 3.8) is 0 Å². The van der Waals surface area contributed by atoms with Gasteiger partial charge in [0.1, 0.15) is 22.3 Å². The van der Waals surface area contributed by atoms with E-state index in [1.54, 1.807) is 17.4 Å². The van der Waals surface area contributed by atoms with Crippen molar-refractivity contribution >= 4 is 22.9 Å². The number of carbonyl (C=O) groups excluding carboxylic acids is 1. The van der Waals surface area contributed by atoms with Gasteiger partial charge in [-0.05, 0) is 42.7 Å². The minimum absolute atomic E-state index is 0.0479. The van der Waals surface area contributed by atoms with Gasteiger partial charge in [-0.3, -0.25) is 14.0 Å². The van der Waals surface area contributed by atoms with Gasteiger partial charge in [-0.1, -0.05) is 17.7 Å². The molecule has 1 aromatic carbocycles. The van der Waals surface area contributed by atoms with Crippen LogP contribution in [0, 0.1) is 18.7 Å².